The van der Waals surface area contributed by atoms with Gasteiger partial charge in [0.15, 0.2) is 5.69 Å². The topological polar surface area (TPSA) is 38.1 Å². The fourth-order valence-electron chi connectivity index (χ4n) is 5.58. The van der Waals surface area contributed by atoms with Gasteiger partial charge in [0, 0.05) is 23.8 Å². The number of hydrogen-bond acceptors (Lipinski definition) is 2. The zero-order valence-corrected chi connectivity index (χ0v) is 16.4. The Morgan fingerprint density at radius 2 is 1.71 bits per heavy atom. The number of benzene rings is 1. The Balaban J connectivity index is 1.52. The average Bonchev–Trinajstić information content (AvgIpc) is 3.13. The second-order valence-corrected chi connectivity index (χ2v) is 8.62. The van der Waals surface area contributed by atoms with Gasteiger partial charge in [0.1, 0.15) is 5.82 Å². The Morgan fingerprint density at radius 1 is 0.964 bits per heavy atom. The molecule has 0 bridgehead atoms. The summed E-state index contributed by atoms with van der Waals surface area (Å²) in [6.07, 6.45) is 11.4. The molecule has 4 nitrogen and oxygen atoms in total. The van der Waals surface area contributed by atoms with E-state index in [4.69, 9.17) is 5.10 Å². The highest BCUT2D eigenvalue weighted by molar-refractivity contribution is 5.94. The van der Waals surface area contributed by atoms with Crippen molar-refractivity contribution in [1.29, 1.82) is 0 Å². The number of piperidine rings is 1. The zero-order chi connectivity index (χ0) is 19.1. The van der Waals surface area contributed by atoms with Crippen molar-refractivity contribution < 1.29 is 9.18 Å². The molecule has 1 aromatic carbocycles. The summed E-state index contributed by atoms with van der Waals surface area (Å²) in [5, 5.41) is 4.81. The molecule has 148 valence electrons. The van der Waals surface area contributed by atoms with Crippen molar-refractivity contribution in [2.45, 2.75) is 70.3 Å². The minimum Gasteiger partial charge on any atom is -0.334 e. The van der Waals surface area contributed by atoms with Crippen molar-refractivity contribution in [3.05, 3.63) is 47.0 Å². The van der Waals surface area contributed by atoms with E-state index in [2.05, 4.69) is 4.90 Å². The molecule has 0 radical (unpaired) electrons. The Labute approximate surface area is 165 Å². The molecule has 2 aliphatic carbocycles. The molecule has 1 saturated heterocycles. The Morgan fingerprint density at radius 3 is 2.57 bits per heavy atom. The molecule has 2 atom stereocenters. The predicted molar refractivity (Wildman–Crippen MR) is 106 cm³/mol. The fraction of sp³-hybridized carbons (Fsp3) is 0.565. The molecule has 5 heteroatoms. The number of hydrogen-bond donors (Lipinski definition) is 0. The van der Waals surface area contributed by atoms with E-state index in [1.807, 2.05) is 4.68 Å². The number of carbonyl (C=O) groups excluding carboxylic acids is 1. The van der Waals surface area contributed by atoms with Crippen LogP contribution in [0.3, 0.4) is 0 Å². The molecule has 1 aliphatic heterocycles. The van der Waals surface area contributed by atoms with Crippen LogP contribution in [0.1, 0.15) is 73.1 Å². The lowest BCUT2D eigenvalue weighted by molar-refractivity contribution is 0.0384. The van der Waals surface area contributed by atoms with Crippen molar-refractivity contribution in [2.24, 2.45) is 5.92 Å². The van der Waals surface area contributed by atoms with Crippen LogP contribution in [0.15, 0.2) is 24.3 Å². The van der Waals surface area contributed by atoms with Gasteiger partial charge in [0.2, 0.25) is 0 Å². The molecule has 2 heterocycles. The van der Waals surface area contributed by atoms with Crippen LogP contribution in [0, 0.1) is 11.7 Å². The lowest BCUT2D eigenvalue weighted by atomic mass is 9.78. The van der Waals surface area contributed by atoms with Gasteiger partial charge in [-0.05, 0) is 81.5 Å². The number of carbonyl (C=O) groups is 1. The monoisotopic (exact) mass is 381 g/mol. The summed E-state index contributed by atoms with van der Waals surface area (Å²) in [6.45, 7) is 0.859. The summed E-state index contributed by atoms with van der Waals surface area (Å²) in [7, 11) is 0. The lowest BCUT2D eigenvalue weighted by Crippen LogP contribution is -2.50. The molecule has 2 fully saturated rings. The Bertz CT molecular complexity index is 871. The van der Waals surface area contributed by atoms with Gasteiger partial charge in [0.25, 0.3) is 5.91 Å². The third-order valence-corrected chi connectivity index (χ3v) is 6.96. The van der Waals surface area contributed by atoms with Gasteiger partial charge in [-0.1, -0.05) is 12.8 Å². The maximum Gasteiger partial charge on any atom is 0.274 e. The van der Waals surface area contributed by atoms with Gasteiger partial charge >= 0.3 is 0 Å². The number of fused-ring (bicyclic) bond motifs is 2. The van der Waals surface area contributed by atoms with Gasteiger partial charge < -0.3 is 4.90 Å². The quantitative estimate of drug-likeness (QED) is 0.757. The molecule has 2 unspecified atom stereocenters. The predicted octanol–water partition coefficient (Wildman–Crippen LogP) is 4.69. The van der Waals surface area contributed by atoms with E-state index in [1.54, 1.807) is 12.1 Å². The maximum absolute atomic E-state index is 13.6. The van der Waals surface area contributed by atoms with Crippen LogP contribution in [0.4, 0.5) is 4.39 Å². The first-order valence-corrected chi connectivity index (χ1v) is 10.9. The van der Waals surface area contributed by atoms with E-state index in [9.17, 15) is 9.18 Å². The van der Waals surface area contributed by atoms with E-state index in [-0.39, 0.29) is 11.7 Å². The maximum atomic E-state index is 13.6. The van der Waals surface area contributed by atoms with Crippen LogP contribution in [0.25, 0.3) is 5.69 Å². The molecule has 1 saturated carbocycles. The highest BCUT2D eigenvalue weighted by Crippen LogP contribution is 2.37. The first-order valence-electron chi connectivity index (χ1n) is 10.9. The summed E-state index contributed by atoms with van der Waals surface area (Å²) in [4.78, 5) is 15.8. The number of likely N-dealkylation sites (tertiary alicyclic amines) is 1. The first kappa shape index (κ1) is 17.9. The van der Waals surface area contributed by atoms with E-state index in [0.717, 1.165) is 62.0 Å². The van der Waals surface area contributed by atoms with Crippen molar-refractivity contribution in [2.75, 3.05) is 6.54 Å². The molecule has 5 rings (SSSR count). The van der Waals surface area contributed by atoms with Crippen LogP contribution in [-0.4, -0.2) is 33.2 Å². The summed E-state index contributed by atoms with van der Waals surface area (Å²) < 4.78 is 15.3. The van der Waals surface area contributed by atoms with Gasteiger partial charge in [0.05, 0.1) is 5.69 Å². The molecule has 0 N–H and O–H groups in total. The number of halogens is 1. The van der Waals surface area contributed by atoms with Crippen molar-refractivity contribution in [1.82, 2.24) is 14.7 Å². The van der Waals surface area contributed by atoms with E-state index >= 15 is 0 Å². The Hall–Kier alpha value is -2.17. The van der Waals surface area contributed by atoms with Crippen LogP contribution in [0.2, 0.25) is 0 Å². The van der Waals surface area contributed by atoms with E-state index in [0.29, 0.717) is 17.7 Å². The molecule has 1 amide bonds. The second-order valence-electron chi connectivity index (χ2n) is 8.62. The number of aromatic nitrogens is 2. The average molecular weight is 381 g/mol. The SMILES string of the molecule is O=C(c1nn(-c2ccc(F)cc2)c2c1CCCC2)N1CCCC2CCCCC21. The Kier molecular flexibility index (Phi) is 4.69. The molecular weight excluding hydrogens is 353 g/mol. The molecule has 0 spiro atoms. The van der Waals surface area contributed by atoms with Crippen molar-refractivity contribution >= 4 is 5.91 Å². The number of amides is 1. The number of nitrogens with zero attached hydrogens (tertiary/aromatic N) is 3. The van der Waals surface area contributed by atoms with Gasteiger partial charge in [-0.3, -0.25) is 4.79 Å². The first-order chi connectivity index (χ1) is 13.7. The van der Waals surface area contributed by atoms with Crippen LogP contribution < -0.4 is 0 Å². The molecule has 28 heavy (non-hydrogen) atoms. The zero-order valence-electron chi connectivity index (χ0n) is 16.4. The molecule has 3 aliphatic rings. The molecular formula is C23H28FN3O. The van der Waals surface area contributed by atoms with E-state index in [1.165, 1.54) is 37.8 Å². The van der Waals surface area contributed by atoms with Crippen LogP contribution in [0.5, 0.6) is 0 Å². The summed E-state index contributed by atoms with van der Waals surface area (Å²) >= 11 is 0. The summed E-state index contributed by atoms with van der Waals surface area (Å²) in [5.74, 6) is 0.537. The number of rotatable bonds is 2. The minimum absolute atomic E-state index is 0.121. The summed E-state index contributed by atoms with van der Waals surface area (Å²) in [5.41, 5.74) is 3.75. The van der Waals surface area contributed by atoms with Crippen molar-refractivity contribution in [3.8, 4) is 5.69 Å². The van der Waals surface area contributed by atoms with Gasteiger partial charge in [-0.2, -0.15) is 5.10 Å². The smallest absolute Gasteiger partial charge is 0.274 e. The summed E-state index contributed by atoms with van der Waals surface area (Å²) in [6, 6.07) is 6.83. The highest BCUT2D eigenvalue weighted by Gasteiger charge is 2.38. The standard InChI is InChI=1S/C23H28FN3O/c24-17-11-13-18(14-12-17)27-21-10-4-2-8-19(21)22(25-27)23(28)26-15-5-7-16-6-1-3-9-20(16)26/h11-14,16,20H,1-10,15H2. The largest absolute Gasteiger partial charge is 0.334 e. The third-order valence-electron chi connectivity index (χ3n) is 6.96. The highest BCUT2D eigenvalue weighted by atomic mass is 19.1. The molecule has 2 aromatic rings. The van der Waals surface area contributed by atoms with Gasteiger partial charge in [-0.25, -0.2) is 9.07 Å². The fourth-order valence-corrected chi connectivity index (χ4v) is 5.58. The van der Waals surface area contributed by atoms with Crippen LogP contribution >= 0.6 is 0 Å². The molecule has 1 aromatic heterocycles. The van der Waals surface area contributed by atoms with Gasteiger partial charge in [-0.15, -0.1) is 0 Å². The van der Waals surface area contributed by atoms with Crippen molar-refractivity contribution in [3.63, 3.8) is 0 Å². The third kappa shape index (κ3) is 3.05. The van der Waals surface area contributed by atoms with Crippen LogP contribution in [-0.2, 0) is 12.8 Å². The van der Waals surface area contributed by atoms with E-state index < -0.39 is 0 Å². The lowest BCUT2D eigenvalue weighted by Gasteiger charge is -2.44. The second kappa shape index (κ2) is 7.34. The normalized spacial score (nSPS) is 24.5. The minimum atomic E-state index is -0.252.